The summed E-state index contributed by atoms with van der Waals surface area (Å²) in [5.41, 5.74) is 3.27. The van der Waals surface area contributed by atoms with E-state index in [0.717, 1.165) is 31.2 Å². The highest BCUT2D eigenvalue weighted by molar-refractivity contribution is 5.95. The monoisotopic (exact) mass is 398 g/mol. The molecule has 0 saturated carbocycles. The number of likely N-dealkylation sites (N-methyl/N-ethyl adjacent to an activating group) is 1. The molecule has 0 bridgehead atoms. The SMILES string of the molecule is CN(CC(=O)Nc1ccc(F)cc1)C(=O)COC(=O)c1ccc2c(c1)CCCC2. The van der Waals surface area contributed by atoms with Crippen molar-refractivity contribution >= 4 is 23.5 Å². The highest BCUT2D eigenvalue weighted by Gasteiger charge is 2.18. The van der Waals surface area contributed by atoms with Crippen molar-refractivity contribution in [3.8, 4) is 0 Å². The molecule has 0 spiro atoms. The van der Waals surface area contributed by atoms with Crippen LogP contribution in [0.2, 0.25) is 0 Å². The first kappa shape index (κ1) is 20.5. The number of nitrogens with zero attached hydrogens (tertiary/aromatic N) is 1. The van der Waals surface area contributed by atoms with Crippen LogP contribution in [0.15, 0.2) is 42.5 Å². The maximum Gasteiger partial charge on any atom is 0.338 e. The van der Waals surface area contributed by atoms with Gasteiger partial charge in [-0.15, -0.1) is 0 Å². The number of carbonyl (C=O) groups is 3. The van der Waals surface area contributed by atoms with Gasteiger partial charge < -0.3 is 15.0 Å². The minimum absolute atomic E-state index is 0.216. The van der Waals surface area contributed by atoms with E-state index in [2.05, 4.69) is 5.32 Å². The van der Waals surface area contributed by atoms with Crippen molar-refractivity contribution < 1.29 is 23.5 Å². The lowest BCUT2D eigenvalue weighted by atomic mass is 9.90. The first-order chi connectivity index (χ1) is 13.9. The van der Waals surface area contributed by atoms with Crippen molar-refractivity contribution in [1.82, 2.24) is 4.90 Å². The number of hydrogen-bond donors (Lipinski definition) is 1. The third-order valence-electron chi connectivity index (χ3n) is 4.85. The highest BCUT2D eigenvalue weighted by atomic mass is 19.1. The van der Waals surface area contributed by atoms with Crippen molar-refractivity contribution in [1.29, 1.82) is 0 Å². The fourth-order valence-corrected chi connectivity index (χ4v) is 3.22. The first-order valence-corrected chi connectivity index (χ1v) is 9.50. The molecule has 2 amide bonds. The molecule has 1 N–H and O–H groups in total. The smallest absolute Gasteiger partial charge is 0.338 e. The van der Waals surface area contributed by atoms with E-state index in [1.54, 1.807) is 6.07 Å². The zero-order valence-electron chi connectivity index (χ0n) is 16.2. The zero-order valence-corrected chi connectivity index (χ0v) is 16.2. The van der Waals surface area contributed by atoms with Crippen LogP contribution in [0, 0.1) is 5.82 Å². The minimum atomic E-state index is -0.559. The second-order valence-electron chi connectivity index (χ2n) is 7.07. The van der Waals surface area contributed by atoms with Crippen LogP contribution in [0.5, 0.6) is 0 Å². The Hall–Kier alpha value is -3.22. The average Bonchev–Trinajstić information content (AvgIpc) is 2.72. The molecule has 0 atom stereocenters. The number of ether oxygens (including phenoxy) is 1. The van der Waals surface area contributed by atoms with Gasteiger partial charge in [0.05, 0.1) is 12.1 Å². The quantitative estimate of drug-likeness (QED) is 0.759. The van der Waals surface area contributed by atoms with E-state index in [9.17, 15) is 18.8 Å². The summed E-state index contributed by atoms with van der Waals surface area (Å²) in [6, 6.07) is 10.8. The number of hydrogen-bond acceptors (Lipinski definition) is 4. The van der Waals surface area contributed by atoms with Gasteiger partial charge in [-0.25, -0.2) is 9.18 Å². The van der Waals surface area contributed by atoms with Gasteiger partial charge in [0.1, 0.15) is 5.82 Å². The van der Waals surface area contributed by atoms with Gasteiger partial charge in [-0.05, 0) is 73.2 Å². The summed E-state index contributed by atoms with van der Waals surface area (Å²) in [6.07, 6.45) is 4.23. The summed E-state index contributed by atoms with van der Waals surface area (Å²) in [4.78, 5) is 37.6. The molecular formula is C22H23FN2O4. The van der Waals surface area contributed by atoms with E-state index >= 15 is 0 Å². The van der Waals surface area contributed by atoms with Crippen LogP contribution < -0.4 is 5.32 Å². The molecule has 2 aromatic rings. The van der Waals surface area contributed by atoms with Gasteiger partial charge in [-0.2, -0.15) is 0 Å². The van der Waals surface area contributed by atoms with Crippen molar-refractivity contribution in [3.63, 3.8) is 0 Å². The van der Waals surface area contributed by atoms with Crippen LogP contribution in [-0.4, -0.2) is 42.9 Å². The summed E-state index contributed by atoms with van der Waals surface area (Å²) in [5.74, 6) is -1.90. The number of nitrogens with one attached hydrogen (secondary N) is 1. The number of aryl methyl sites for hydroxylation is 2. The number of carbonyl (C=O) groups excluding carboxylic acids is 3. The Balaban J connectivity index is 1.47. The van der Waals surface area contributed by atoms with Gasteiger partial charge in [0, 0.05) is 12.7 Å². The van der Waals surface area contributed by atoms with Crippen molar-refractivity contribution in [2.75, 3.05) is 25.5 Å². The standard InChI is InChI=1S/C22H23FN2O4/c1-25(13-20(26)24-19-10-8-18(23)9-11-19)21(27)14-29-22(28)17-7-6-15-4-2-3-5-16(15)12-17/h6-12H,2-5,13-14H2,1H3,(H,24,26). The predicted octanol–water partition coefficient (Wildman–Crippen LogP) is 2.96. The van der Waals surface area contributed by atoms with E-state index in [0.29, 0.717) is 11.3 Å². The molecule has 0 saturated heterocycles. The summed E-state index contributed by atoms with van der Waals surface area (Å²) in [7, 11) is 1.44. The second kappa shape index (κ2) is 9.32. The molecule has 0 fully saturated rings. The molecular weight excluding hydrogens is 375 g/mol. The van der Waals surface area contributed by atoms with Crippen LogP contribution in [0.1, 0.15) is 34.3 Å². The molecule has 29 heavy (non-hydrogen) atoms. The molecule has 1 aliphatic carbocycles. The Morgan fingerprint density at radius 1 is 1.03 bits per heavy atom. The Bertz CT molecular complexity index is 912. The number of esters is 1. The van der Waals surface area contributed by atoms with Crippen LogP contribution in [0.4, 0.5) is 10.1 Å². The van der Waals surface area contributed by atoms with Crippen molar-refractivity contribution in [3.05, 3.63) is 65.0 Å². The Labute approximate surface area is 168 Å². The Kier molecular flexibility index (Phi) is 6.59. The third-order valence-corrected chi connectivity index (χ3v) is 4.85. The molecule has 6 nitrogen and oxygen atoms in total. The second-order valence-corrected chi connectivity index (χ2v) is 7.07. The number of amides is 2. The molecule has 0 aliphatic heterocycles. The van der Waals surface area contributed by atoms with Crippen LogP contribution in [-0.2, 0) is 27.2 Å². The van der Waals surface area contributed by atoms with E-state index in [4.69, 9.17) is 4.74 Å². The highest BCUT2D eigenvalue weighted by Crippen LogP contribution is 2.22. The zero-order chi connectivity index (χ0) is 20.8. The van der Waals surface area contributed by atoms with E-state index < -0.39 is 30.2 Å². The van der Waals surface area contributed by atoms with Gasteiger partial charge >= 0.3 is 5.97 Å². The average molecular weight is 398 g/mol. The molecule has 2 aromatic carbocycles. The molecule has 0 radical (unpaired) electrons. The van der Waals surface area contributed by atoms with Gasteiger partial charge in [0.2, 0.25) is 5.91 Å². The van der Waals surface area contributed by atoms with Crippen molar-refractivity contribution in [2.24, 2.45) is 0 Å². The summed E-state index contributed by atoms with van der Waals surface area (Å²) in [6.45, 7) is -0.664. The lowest BCUT2D eigenvalue weighted by Crippen LogP contribution is -2.37. The lowest BCUT2D eigenvalue weighted by Gasteiger charge is -2.18. The number of halogens is 1. The van der Waals surface area contributed by atoms with Crippen LogP contribution in [0.25, 0.3) is 0 Å². The number of benzene rings is 2. The largest absolute Gasteiger partial charge is 0.452 e. The summed E-state index contributed by atoms with van der Waals surface area (Å²) in [5, 5.41) is 2.57. The number of fused-ring (bicyclic) bond motifs is 1. The van der Waals surface area contributed by atoms with E-state index in [1.165, 1.54) is 41.8 Å². The topological polar surface area (TPSA) is 75.7 Å². The fourth-order valence-electron chi connectivity index (χ4n) is 3.22. The molecule has 0 unspecified atom stereocenters. The third kappa shape index (κ3) is 5.63. The predicted molar refractivity (Wildman–Crippen MR) is 106 cm³/mol. The molecule has 7 heteroatoms. The van der Waals surface area contributed by atoms with Gasteiger partial charge in [0.15, 0.2) is 6.61 Å². The minimum Gasteiger partial charge on any atom is -0.452 e. The lowest BCUT2D eigenvalue weighted by molar-refractivity contribution is -0.136. The Morgan fingerprint density at radius 3 is 2.45 bits per heavy atom. The Morgan fingerprint density at radius 2 is 1.72 bits per heavy atom. The maximum atomic E-state index is 12.9. The molecule has 0 heterocycles. The van der Waals surface area contributed by atoms with Gasteiger partial charge in [0.25, 0.3) is 5.91 Å². The van der Waals surface area contributed by atoms with Crippen molar-refractivity contribution in [2.45, 2.75) is 25.7 Å². The summed E-state index contributed by atoms with van der Waals surface area (Å²) < 4.78 is 18.0. The number of anilines is 1. The number of rotatable bonds is 6. The van der Waals surface area contributed by atoms with E-state index in [-0.39, 0.29) is 6.54 Å². The molecule has 3 rings (SSSR count). The maximum absolute atomic E-state index is 12.9. The fraction of sp³-hybridized carbons (Fsp3) is 0.318. The normalized spacial score (nSPS) is 12.6. The van der Waals surface area contributed by atoms with Crippen LogP contribution in [0.3, 0.4) is 0 Å². The van der Waals surface area contributed by atoms with Crippen LogP contribution >= 0.6 is 0 Å². The van der Waals surface area contributed by atoms with Gasteiger partial charge in [-0.3, -0.25) is 9.59 Å². The molecule has 0 aromatic heterocycles. The first-order valence-electron chi connectivity index (χ1n) is 9.50. The molecule has 152 valence electrons. The molecule has 1 aliphatic rings. The van der Waals surface area contributed by atoms with E-state index in [1.807, 2.05) is 12.1 Å². The van der Waals surface area contributed by atoms with Gasteiger partial charge in [-0.1, -0.05) is 6.07 Å². The summed E-state index contributed by atoms with van der Waals surface area (Å²) >= 11 is 0.